The Morgan fingerprint density at radius 3 is 2.65 bits per heavy atom. The molecule has 1 spiro atoms. The molecule has 2 aliphatic rings. The molecule has 2 aromatic carbocycles. The summed E-state index contributed by atoms with van der Waals surface area (Å²) in [6.07, 6.45) is 3.46. The molecule has 2 atom stereocenters. The van der Waals surface area contributed by atoms with Crippen molar-refractivity contribution in [1.82, 2.24) is 10.2 Å². The zero-order chi connectivity index (χ0) is 22.0. The first-order valence-corrected chi connectivity index (χ1v) is 10.7. The van der Waals surface area contributed by atoms with E-state index < -0.39 is 17.5 Å². The van der Waals surface area contributed by atoms with Crippen molar-refractivity contribution in [3.8, 4) is 11.5 Å². The number of benzene rings is 2. The van der Waals surface area contributed by atoms with Crippen LogP contribution < -0.4 is 15.4 Å². The third kappa shape index (κ3) is 4.26. The number of ether oxygens (including phenoxy) is 1. The molecule has 0 aromatic heterocycles. The van der Waals surface area contributed by atoms with Gasteiger partial charge in [-0.3, -0.25) is 14.5 Å². The number of rotatable bonds is 5. The number of nitrogens with zero attached hydrogens (tertiary/aromatic N) is 1. The molecule has 2 aromatic rings. The Bertz CT molecular complexity index is 1000. The third-order valence-corrected chi connectivity index (χ3v) is 6.17. The van der Waals surface area contributed by atoms with Gasteiger partial charge in [-0.1, -0.05) is 31.9 Å². The van der Waals surface area contributed by atoms with Crippen LogP contribution in [0.25, 0.3) is 0 Å². The molecule has 4 amide bonds. The second kappa shape index (κ2) is 8.41. The minimum atomic E-state index is -0.857. The van der Waals surface area contributed by atoms with Gasteiger partial charge in [-0.25, -0.2) is 4.79 Å². The molecule has 0 radical (unpaired) electrons. The van der Waals surface area contributed by atoms with E-state index >= 15 is 0 Å². The molecule has 31 heavy (non-hydrogen) atoms. The van der Waals surface area contributed by atoms with Crippen LogP contribution in [0.2, 0.25) is 0 Å². The van der Waals surface area contributed by atoms with Crippen LogP contribution in [0.4, 0.5) is 10.5 Å². The highest BCUT2D eigenvalue weighted by molar-refractivity contribution is 6.10. The summed E-state index contributed by atoms with van der Waals surface area (Å²) in [5.41, 5.74) is 0.811. The summed E-state index contributed by atoms with van der Waals surface area (Å²) in [4.78, 5) is 39.0. The van der Waals surface area contributed by atoms with Gasteiger partial charge in [-0.2, -0.15) is 0 Å². The summed E-state index contributed by atoms with van der Waals surface area (Å²) in [6.45, 7) is 3.68. The Balaban J connectivity index is 1.36. The highest BCUT2D eigenvalue weighted by Crippen LogP contribution is 2.38. The number of hydrogen-bond donors (Lipinski definition) is 2. The molecular weight excluding hydrogens is 394 g/mol. The van der Waals surface area contributed by atoms with Crippen molar-refractivity contribution < 1.29 is 19.1 Å². The minimum Gasteiger partial charge on any atom is -0.457 e. The molecule has 1 aliphatic carbocycles. The van der Waals surface area contributed by atoms with E-state index in [1.54, 1.807) is 24.3 Å². The van der Waals surface area contributed by atoms with Gasteiger partial charge >= 0.3 is 6.03 Å². The van der Waals surface area contributed by atoms with E-state index in [-0.39, 0.29) is 18.4 Å². The first kappa shape index (κ1) is 20.9. The van der Waals surface area contributed by atoms with Gasteiger partial charge in [0.25, 0.3) is 5.91 Å². The monoisotopic (exact) mass is 421 g/mol. The predicted octanol–water partition coefficient (Wildman–Crippen LogP) is 4.23. The normalized spacial score (nSPS) is 23.0. The molecule has 0 bridgehead atoms. The first-order chi connectivity index (χ1) is 14.9. The lowest BCUT2D eigenvalue weighted by Gasteiger charge is -2.36. The van der Waals surface area contributed by atoms with Crippen LogP contribution >= 0.6 is 0 Å². The van der Waals surface area contributed by atoms with Crippen molar-refractivity contribution >= 4 is 23.5 Å². The van der Waals surface area contributed by atoms with E-state index in [9.17, 15) is 14.4 Å². The van der Waals surface area contributed by atoms with Crippen LogP contribution in [-0.4, -0.2) is 34.8 Å². The fourth-order valence-corrected chi connectivity index (χ4v) is 4.40. The van der Waals surface area contributed by atoms with Gasteiger partial charge < -0.3 is 15.4 Å². The Hall–Kier alpha value is -3.35. The molecule has 2 fully saturated rings. The van der Waals surface area contributed by atoms with Crippen molar-refractivity contribution in [3.63, 3.8) is 0 Å². The maximum absolute atomic E-state index is 13.0. The Kier molecular flexibility index (Phi) is 5.67. The predicted molar refractivity (Wildman–Crippen MR) is 117 cm³/mol. The van der Waals surface area contributed by atoms with E-state index in [2.05, 4.69) is 10.6 Å². The van der Waals surface area contributed by atoms with E-state index in [1.807, 2.05) is 38.1 Å². The number of carbonyl (C=O) groups excluding carboxylic acids is 3. The van der Waals surface area contributed by atoms with Crippen LogP contribution in [0.5, 0.6) is 11.5 Å². The molecule has 1 saturated carbocycles. The quantitative estimate of drug-likeness (QED) is 0.708. The van der Waals surface area contributed by atoms with E-state index in [1.165, 1.54) is 0 Å². The minimum absolute atomic E-state index is 0.0618. The Morgan fingerprint density at radius 2 is 1.94 bits per heavy atom. The number of hydrogen-bond acceptors (Lipinski definition) is 4. The number of aryl methyl sites for hydroxylation is 1. The zero-order valence-corrected chi connectivity index (χ0v) is 17.8. The van der Waals surface area contributed by atoms with Crippen molar-refractivity contribution in [2.75, 3.05) is 11.9 Å². The Labute approximate surface area is 181 Å². The fourth-order valence-electron chi connectivity index (χ4n) is 4.40. The molecule has 1 aliphatic heterocycles. The number of carbonyl (C=O) groups is 3. The maximum Gasteiger partial charge on any atom is 0.325 e. The third-order valence-electron chi connectivity index (χ3n) is 6.17. The van der Waals surface area contributed by atoms with Gasteiger partial charge in [0, 0.05) is 5.69 Å². The average Bonchev–Trinajstić information content (AvgIpc) is 2.97. The summed E-state index contributed by atoms with van der Waals surface area (Å²) in [6, 6.07) is 14.2. The lowest BCUT2D eigenvalue weighted by Crippen LogP contribution is -2.54. The molecule has 162 valence electrons. The molecule has 7 heteroatoms. The van der Waals surface area contributed by atoms with Crippen LogP contribution in [-0.2, 0) is 9.59 Å². The lowest BCUT2D eigenvalue weighted by atomic mass is 9.73. The topological polar surface area (TPSA) is 87.7 Å². The van der Waals surface area contributed by atoms with Crippen molar-refractivity contribution in [2.45, 2.75) is 45.1 Å². The number of nitrogens with one attached hydrogen (secondary N) is 2. The highest BCUT2D eigenvalue weighted by atomic mass is 16.5. The van der Waals surface area contributed by atoms with E-state index in [0.717, 1.165) is 35.5 Å². The maximum atomic E-state index is 13.0. The summed E-state index contributed by atoms with van der Waals surface area (Å²) >= 11 is 0. The number of urea groups is 1. The average molecular weight is 421 g/mol. The lowest BCUT2D eigenvalue weighted by molar-refractivity contribution is -0.136. The highest BCUT2D eigenvalue weighted by Gasteiger charge is 2.55. The van der Waals surface area contributed by atoms with Crippen molar-refractivity contribution in [1.29, 1.82) is 0 Å². The second-order valence-corrected chi connectivity index (χ2v) is 8.43. The second-order valence-electron chi connectivity index (χ2n) is 8.43. The Morgan fingerprint density at radius 1 is 1.16 bits per heavy atom. The summed E-state index contributed by atoms with van der Waals surface area (Å²) in [5, 5.41) is 5.61. The summed E-state index contributed by atoms with van der Waals surface area (Å²) in [5.74, 6) is 0.733. The molecule has 1 heterocycles. The smallest absolute Gasteiger partial charge is 0.325 e. The number of amides is 4. The van der Waals surface area contributed by atoms with Crippen LogP contribution in [0, 0.1) is 12.8 Å². The molecule has 0 unspecified atom stereocenters. The van der Waals surface area contributed by atoms with Gasteiger partial charge in [0.05, 0.1) is 0 Å². The zero-order valence-electron chi connectivity index (χ0n) is 17.8. The van der Waals surface area contributed by atoms with E-state index in [4.69, 9.17) is 4.74 Å². The van der Waals surface area contributed by atoms with Crippen LogP contribution in [0.3, 0.4) is 0 Å². The van der Waals surface area contributed by atoms with Gasteiger partial charge in [-0.05, 0) is 67.6 Å². The molecule has 4 rings (SSSR count). The standard InChI is InChI=1S/C24H27N3O4/c1-16-6-5-8-20(14-16)31-19-11-9-18(10-12-19)25-21(28)15-27-22(29)24(26-23(27)30)13-4-3-7-17(24)2/h5-6,8-12,14,17H,3-4,7,13,15H2,1-2H3,(H,25,28)(H,26,30)/t17-,24-/m1/s1. The number of anilines is 1. The summed E-state index contributed by atoms with van der Waals surface area (Å²) < 4.78 is 5.81. The number of imide groups is 1. The van der Waals surface area contributed by atoms with Gasteiger partial charge in [0.1, 0.15) is 23.6 Å². The van der Waals surface area contributed by atoms with Crippen molar-refractivity contribution in [2.24, 2.45) is 5.92 Å². The van der Waals surface area contributed by atoms with Crippen LogP contribution in [0.1, 0.15) is 38.2 Å². The van der Waals surface area contributed by atoms with Gasteiger partial charge in [-0.15, -0.1) is 0 Å². The molecule has 2 N–H and O–H groups in total. The first-order valence-electron chi connectivity index (χ1n) is 10.7. The molecule has 1 saturated heterocycles. The van der Waals surface area contributed by atoms with Gasteiger partial charge in [0.15, 0.2) is 0 Å². The van der Waals surface area contributed by atoms with E-state index in [0.29, 0.717) is 17.9 Å². The van der Waals surface area contributed by atoms with Crippen LogP contribution in [0.15, 0.2) is 48.5 Å². The summed E-state index contributed by atoms with van der Waals surface area (Å²) in [7, 11) is 0. The molecular formula is C24H27N3O4. The van der Waals surface area contributed by atoms with Crippen molar-refractivity contribution in [3.05, 3.63) is 54.1 Å². The van der Waals surface area contributed by atoms with Gasteiger partial charge in [0.2, 0.25) is 5.91 Å². The largest absolute Gasteiger partial charge is 0.457 e. The fraction of sp³-hybridized carbons (Fsp3) is 0.375. The SMILES string of the molecule is Cc1cccc(Oc2ccc(NC(=O)CN3C(=O)N[C@@]4(CCCC[C@H]4C)C3=O)cc2)c1. The molecule has 7 nitrogen and oxygen atoms in total.